The van der Waals surface area contributed by atoms with Crippen LogP contribution in [0.4, 0.5) is 0 Å². The number of fused-ring (bicyclic) bond motifs is 1. The van der Waals surface area contributed by atoms with E-state index < -0.39 is 6.04 Å². The van der Waals surface area contributed by atoms with E-state index >= 15 is 0 Å². The van der Waals surface area contributed by atoms with Gasteiger partial charge in [-0.2, -0.15) is 4.98 Å². The molecule has 2 aromatic rings. The summed E-state index contributed by atoms with van der Waals surface area (Å²) >= 11 is 0. The average Bonchev–Trinajstić information content (AvgIpc) is 3.14. The molecule has 1 amide bonds. The first-order chi connectivity index (χ1) is 11.0. The van der Waals surface area contributed by atoms with Gasteiger partial charge in [0.15, 0.2) is 5.82 Å². The third kappa shape index (κ3) is 3.42. The van der Waals surface area contributed by atoms with Crippen molar-refractivity contribution in [3.63, 3.8) is 0 Å². The van der Waals surface area contributed by atoms with Crippen molar-refractivity contribution in [1.82, 2.24) is 30.3 Å². The highest BCUT2D eigenvalue weighted by molar-refractivity contribution is 5.83. The minimum absolute atomic E-state index is 0.0540. The van der Waals surface area contributed by atoms with Crippen molar-refractivity contribution in [2.45, 2.75) is 39.3 Å². The summed E-state index contributed by atoms with van der Waals surface area (Å²) in [5, 5.41) is 7.17. The number of carbonyl (C=O) groups is 1. The van der Waals surface area contributed by atoms with E-state index in [1.807, 2.05) is 0 Å². The van der Waals surface area contributed by atoms with Gasteiger partial charge < -0.3 is 19.7 Å². The number of hydrogen-bond acceptors (Lipinski definition) is 6. The number of H-pyrrole nitrogens is 1. The van der Waals surface area contributed by atoms with Crippen LogP contribution in [0, 0.1) is 5.92 Å². The van der Waals surface area contributed by atoms with Crippen molar-refractivity contribution in [2.75, 3.05) is 13.6 Å². The van der Waals surface area contributed by atoms with Crippen molar-refractivity contribution in [3.8, 4) is 0 Å². The molecule has 0 aromatic carbocycles. The first kappa shape index (κ1) is 15.7. The molecule has 0 unspecified atom stereocenters. The SMILES string of the molecule is CC(C)Cc1noc(CN(C)C(=O)[C@@H]2NCCc3[nH]cnc32)n1. The lowest BCUT2D eigenvalue weighted by Crippen LogP contribution is -2.42. The number of likely N-dealkylation sites (N-methyl/N-ethyl adjacent to an activating group) is 1. The van der Waals surface area contributed by atoms with Gasteiger partial charge in [0.2, 0.25) is 11.8 Å². The Bertz CT molecular complexity index is 677. The van der Waals surface area contributed by atoms with E-state index in [2.05, 4.69) is 39.3 Å². The Balaban J connectivity index is 1.66. The molecular weight excluding hydrogens is 296 g/mol. The Morgan fingerprint density at radius 2 is 2.35 bits per heavy atom. The van der Waals surface area contributed by atoms with Crippen molar-refractivity contribution < 1.29 is 9.32 Å². The number of hydrogen-bond donors (Lipinski definition) is 2. The summed E-state index contributed by atoms with van der Waals surface area (Å²) in [5.74, 6) is 1.54. The van der Waals surface area contributed by atoms with Crippen LogP contribution in [0.1, 0.15) is 43.0 Å². The second-order valence-electron chi connectivity index (χ2n) is 6.30. The van der Waals surface area contributed by atoms with E-state index in [4.69, 9.17) is 4.52 Å². The Labute approximate surface area is 134 Å². The molecule has 0 spiro atoms. The predicted molar refractivity (Wildman–Crippen MR) is 82.3 cm³/mol. The summed E-state index contributed by atoms with van der Waals surface area (Å²) in [4.78, 5) is 26.0. The summed E-state index contributed by atoms with van der Waals surface area (Å²) in [6.07, 6.45) is 3.25. The smallest absolute Gasteiger partial charge is 0.246 e. The van der Waals surface area contributed by atoms with Crippen molar-refractivity contribution >= 4 is 5.91 Å². The third-order valence-electron chi connectivity index (χ3n) is 3.85. The average molecular weight is 318 g/mol. The minimum atomic E-state index is -0.423. The normalized spacial score (nSPS) is 17.3. The van der Waals surface area contributed by atoms with E-state index in [1.54, 1.807) is 18.3 Å². The highest BCUT2D eigenvalue weighted by Crippen LogP contribution is 2.21. The quantitative estimate of drug-likeness (QED) is 0.847. The van der Waals surface area contributed by atoms with Crippen LogP contribution in [0.3, 0.4) is 0 Å². The first-order valence-electron chi connectivity index (χ1n) is 7.86. The summed E-state index contributed by atoms with van der Waals surface area (Å²) in [5.41, 5.74) is 1.80. The number of imidazole rings is 1. The van der Waals surface area contributed by atoms with Crippen molar-refractivity contribution in [3.05, 3.63) is 29.4 Å². The molecule has 0 saturated heterocycles. The Morgan fingerprint density at radius 3 is 3.13 bits per heavy atom. The summed E-state index contributed by atoms with van der Waals surface area (Å²) in [7, 11) is 1.73. The molecule has 8 nitrogen and oxygen atoms in total. The number of nitrogens with zero attached hydrogens (tertiary/aromatic N) is 4. The second kappa shape index (κ2) is 6.49. The number of carbonyl (C=O) groups excluding carboxylic acids is 1. The molecule has 1 aliphatic rings. The molecule has 1 aliphatic heterocycles. The maximum atomic E-state index is 12.7. The van der Waals surface area contributed by atoms with Gasteiger partial charge in [0.1, 0.15) is 6.04 Å². The van der Waals surface area contributed by atoms with Crippen LogP contribution in [0.15, 0.2) is 10.9 Å². The van der Waals surface area contributed by atoms with Gasteiger partial charge in [-0.25, -0.2) is 4.98 Å². The number of amides is 1. The fourth-order valence-electron chi connectivity index (χ4n) is 2.73. The molecule has 0 saturated carbocycles. The standard InChI is InChI=1S/C15H22N6O2/c1-9(2)6-11-19-12(23-20-11)7-21(3)15(22)14-13-10(4-5-16-14)17-8-18-13/h8-9,14,16H,4-7H2,1-3H3,(H,17,18)/t14-/m1/s1. The maximum Gasteiger partial charge on any atom is 0.246 e. The van der Waals surface area contributed by atoms with Gasteiger partial charge in [-0.05, 0) is 5.92 Å². The molecule has 1 atom stereocenters. The Hall–Kier alpha value is -2.22. The zero-order valence-corrected chi connectivity index (χ0v) is 13.7. The number of aromatic nitrogens is 4. The zero-order valence-electron chi connectivity index (χ0n) is 13.7. The van der Waals surface area contributed by atoms with Crippen LogP contribution in [-0.2, 0) is 24.2 Å². The van der Waals surface area contributed by atoms with E-state index in [0.29, 0.717) is 24.2 Å². The number of nitrogens with one attached hydrogen (secondary N) is 2. The van der Waals surface area contributed by atoms with Gasteiger partial charge in [0.25, 0.3) is 0 Å². The fraction of sp³-hybridized carbons (Fsp3) is 0.600. The van der Waals surface area contributed by atoms with Gasteiger partial charge in [0, 0.05) is 32.1 Å². The van der Waals surface area contributed by atoms with Crippen LogP contribution in [-0.4, -0.2) is 44.5 Å². The van der Waals surface area contributed by atoms with Gasteiger partial charge >= 0.3 is 0 Å². The van der Waals surface area contributed by atoms with Crippen molar-refractivity contribution in [2.24, 2.45) is 5.92 Å². The lowest BCUT2D eigenvalue weighted by atomic mass is 10.0. The number of aromatic amines is 1. The van der Waals surface area contributed by atoms with Gasteiger partial charge in [-0.3, -0.25) is 4.79 Å². The number of rotatable bonds is 5. The molecule has 2 N–H and O–H groups in total. The molecule has 0 fully saturated rings. The molecule has 0 bridgehead atoms. The van der Waals surface area contributed by atoms with Gasteiger partial charge in [0.05, 0.1) is 18.6 Å². The highest BCUT2D eigenvalue weighted by Gasteiger charge is 2.31. The van der Waals surface area contributed by atoms with Crippen molar-refractivity contribution in [1.29, 1.82) is 0 Å². The van der Waals surface area contributed by atoms with Crippen LogP contribution in [0.2, 0.25) is 0 Å². The molecule has 0 radical (unpaired) electrons. The Morgan fingerprint density at radius 1 is 1.52 bits per heavy atom. The summed E-state index contributed by atoms with van der Waals surface area (Å²) in [6, 6.07) is -0.423. The molecule has 2 aromatic heterocycles. The molecular formula is C15H22N6O2. The van der Waals surface area contributed by atoms with E-state index in [0.717, 1.165) is 30.8 Å². The lowest BCUT2D eigenvalue weighted by Gasteiger charge is -2.26. The second-order valence-corrected chi connectivity index (χ2v) is 6.30. The van der Waals surface area contributed by atoms with Crippen LogP contribution >= 0.6 is 0 Å². The maximum absolute atomic E-state index is 12.7. The molecule has 3 heterocycles. The third-order valence-corrected chi connectivity index (χ3v) is 3.85. The van der Waals surface area contributed by atoms with Crippen LogP contribution < -0.4 is 5.32 Å². The molecule has 8 heteroatoms. The predicted octanol–water partition coefficient (Wildman–Crippen LogP) is 0.837. The minimum Gasteiger partial charge on any atom is -0.348 e. The van der Waals surface area contributed by atoms with Crippen LogP contribution in [0.25, 0.3) is 0 Å². The van der Waals surface area contributed by atoms with Crippen LogP contribution in [0.5, 0.6) is 0 Å². The highest BCUT2D eigenvalue weighted by atomic mass is 16.5. The first-order valence-corrected chi connectivity index (χ1v) is 7.86. The molecule has 124 valence electrons. The molecule has 23 heavy (non-hydrogen) atoms. The summed E-state index contributed by atoms with van der Waals surface area (Å²) in [6.45, 7) is 5.24. The topological polar surface area (TPSA) is 99.9 Å². The van der Waals surface area contributed by atoms with Gasteiger partial charge in [-0.1, -0.05) is 19.0 Å². The zero-order chi connectivity index (χ0) is 16.4. The molecule has 0 aliphatic carbocycles. The fourth-order valence-corrected chi connectivity index (χ4v) is 2.73. The monoisotopic (exact) mass is 318 g/mol. The van der Waals surface area contributed by atoms with Gasteiger partial charge in [-0.15, -0.1) is 0 Å². The Kier molecular flexibility index (Phi) is 4.42. The van der Waals surface area contributed by atoms with E-state index in [9.17, 15) is 4.79 Å². The lowest BCUT2D eigenvalue weighted by molar-refractivity contribution is -0.133. The van der Waals surface area contributed by atoms with E-state index in [-0.39, 0.29) is 5.91 Å². The largest absolute Gasteiger partial charge is 0.348 e. The summed E-state index contributed by atoms with van der Waals surface area (Å²) < 4.78 is 5.23. The molecule has 3 rings (SSSR count). The van der Waals surface area contributed by atoms with E-state index in [1.165, 1.54) is 0 Å².